The highest BCUT2D eigenvalue weighted by atomic mass is 19.1. The average Bonchev–Trinajstić information content (AvgIpc) is 3.25. The van der Waals surface area contributed by atoms with Gasteiger partial charge in [-0.05, 0) is 49.1 Å². The smallest absolute Gasteiger partial charge is 0.261 e. The summed E-state index contributed by atoms with van der Waals surface area (Å²) in [5.41, 5.74) is 7.82. The van der Waals surface area contributed by atoms with Crippen molar-refractivity contribution in [3.8, 4) is 0 Å². The van der Waals surface area contributed by atoms with E-state index in [-0.39, 0.29) is 35.9 Å². The Bertz CT molecular complexity index is 1130. The first kappa shape index (κ1) is 21.1. The minimum Gasteiger partial charge on any atom is -0.344 e. The van der Waals surface area contributed by atoms with Crippen LogP contribution in [0.15, 0.2) is 59.7 Å². The lowest BCUT2D eigenvalue weighted by atomic mass is 9.99. The van der Waals surface area contributed by atoms with E-state index in [1.165, 1.54) is 17.0 Å². The monoisotopic (exact) mass is 423 g/mol. The number of aromatic nitrogens is 2. The maximum absolute atomic E-state index is 13.4. The molecule has 2 heterocycles. The Balaban J connectivity index is 1.26. The summed E-state index contributed by atoms with van der Waals surface area (Å²) in [7, 11) is 1.75. The highest BCUT2D eigenvalue weighted by Crippen LogP contribution is 2.24. The van der Waals surface area contributed by atoms with E-state index in [4.69, 9.17) is 0 Å². The molecule has 2 N–H and O–H groups in total. The summed E-state index contributed by atoms with van der Waals surface area (Å²) in [5, 5.41) is 0.508. The Kier molecular flexibility index (Phi) is 6.39. The Morgan fingerprint density at radius 2 is 2.06 bits per heavy atom. The van der Waals surface area contributed by atoms with Crippen molar-refractivity contribution in [2.75, 3.05) is 13.6 Å². The molecular weight excluding hydrogens is 397 g/mol. The molecule has 1 fully saturated rings. The molecule has 1 aliphatic rings. The zero-order valence-electron chi connectivity index (χ0n) is 17.4. The Labute approximate surface area is 179 Å². The normalized spacial score (nSPS) is 18.4. The van der Waals surface area contributed by atoms with Crippen LogP contribution in [0, 0.1) is 5.82 Å². The molecule has 7 nitrogen and oxygen atoms in total. The fraction of sp³-hybridized carbons (Fsp3) is 0.348. The van der Waals surface area contributed by atoms with Crippen molar-refractivity contribution < 1.29 is 9.18 Å². The van der Waals surface area contributed by atoms with E-state index in [0.717, 1.165) is 24.8 Å². The van der Waals surface area contributed by atoms with Gasteiger partial charge in [0, 0.05) is 25.7 Å². The number of nitrogens with zero attached hydrogens (tertiary/aromatic N) is 3. The van der Waals surface area contributed by atoms with Gasteiger partial charge in [-0.25, -0.2) is 9.37 Å². The average molecular weight is 423 g/mol. The quantitative estimate of drug-likeness (QED) is 0.610. The zero-order chi connectivity index (χ0) is 21.8. The molecule has 0 radical (unpaired) electrons. The van der Waals surface area contributed by atoms with Crippen molar-refractivity contribution in [2.24, 2.45) is 0 Å². The molecule has 1 aliphatic heterocycles. The predicted octanol–water partition coefficient (Wildman–Crippen LogP) is 2.38. The number of likely N-dealkylation sites (N-methyl/N-ethyl adjacent to an activating group) is 1. The fourth-order valence-electron chi connectivity index (χ4n) is 3.94. The van der Waals surface area contributed by atoms with Crippen LogP contribution in [0.2, 0.25) is 0 Å². The number of fused-ring (bicyclic) bond motifs is 1. The minimum absolute atomic E-state index is 0.0297. The van der Waals surface area contributed by atoms with Crippen LogP contribution in [-0.4, -0.2) is 40.0 Å². The van der Waals surface area contributed by atoms with Gasteiger partial charge < -0.3 is 4.90 Å². The van der Waals surface area contributed by atoms with E-state index >= 15 is 0 Å². The summed E-state index contributed by atoms with van der Waals surface area (Å²) in [5.74, 6) is -0.363. The number of nitrogens with one attached hydrogen (secondary N) is 2. The number of hydrogen-bond acceptors (Lipinski definition) is 5. The van der Waals surface area contributed by atoms with Gasteiger partial charge in [0.2, 0.25) is 5.91 Å². The van der Waals surface area contributed by atoms with Crippen LogP contribution in [0.5, 0.6) is 0 Å². The third-order valence-corrected chi connectivity index (χ3v) is 5.74. The summed E-state index contributed by atoms with van der Waals surface area (Å²) in [6.07, 6.45) is 3.99. The molecule has 1 aromatic heterocycles. The predicted molar refractivity (Wildman–Crippen MR) is 117 cm³/mol. The zero-order valence-corrected chi connectivity index (χ0v) is 17.4. The fourth-order valence-corrected chi connectivity index (χ4v) is 3.94. The third-order valence-electron chi connectivity index (χ3n) is 5.74. The number of benzene rings is 2. The van der Waals surface area contributed by atoms with Gasteiger partial charge in [-0.2, -0.15) is 0 Å². The molecule has 2 unspecified atom stereocenters. The van der Waals surface area contributed by atoms with E-state index in [2.05, 4.69) is 15.8 Å². The van der Waals surface area contributed by atoms with E-state index in [9.17, 15) is 14.0 Å². The Morgan fingerprint density at radius 1 is 1.23 bits per heavy atom. The van der Waals surface area contributed by atoms with Crippen LogP contribution < -0.4 is 16.4 Å². The van der Waals surface area contributed by atoms with Crippen LogP contribution in [-0.2, 0) is 11.3 Å². The molecule has 2 atom stereocenters. The van der Waals surface area contributed by atoms with Gasteiger partial charge in [0.15, 0.2) is 0 Å². The van der Waals surface area contributed by atoms with Crippen LogP contribution in [0.3, 0.4) is 0 Å². The number of carbonyl (C=O) groups is 1. The standard InChI is InChI=1S/C23H26FN5O2/c1-28(22(30)14-29-15-25-20-10-3-2-9-19(20)23(29)31)11-5-8-18-13-21(27-26-18)16-6-4-7-17(24)12-16/h2-4,6-7,9-10,12,15,18,21,26-27H,5,8,11,13-14H2,1H3. The number of para-hydroxylation sites is 1. The summed E-state index contributed by atoms with van der Waals surface area (Å²) < 4.78 is 14.8. The van der Waals surface area contributed by atoms with Crippen molar-refractivity contribution >= 4 is 16.8 Å². The van der Waals surface area contributed by atoms with Crippen LogP contribution in [0.1, 0.15) is 30.9 Å². The van der Waals surface area contributed by atoms with E-state index in [1.54, 1.807) is 42.3 Å². The minimum atomic E-state index is -0.233. The highest BCUT2D eigenvalue weighted by Gasteiger charge is 2.25. The number of rotatable bonds is 7. The number of amides is 1. The first-order valence-corrected chi connectivity index (χ1v) is 10.5. The summed E-state index contributed by atoms with van der Waals surface area (Å²) in [6.45, 7) is 0.565. The molecule has 162 valence electrons. The van der Waals surface area contributed by atoms with Crippen molar-refractivity contribution in [2.45, 2.75) is 37.9 Å². The summed E-state index contributed by atoms with van der Waals surface area (Å²) >= 11 is 0. The molecule has 8 heteroatoms. The molecule has 0 aliphatic carbocycles. The molecule has 0 saturated carbocycles. The SMILES string of the molecule is CN(CCCC1CC(c2cccc(F)c2)NN1)C(=O)Cn1cnc2ccccc2c1=O. The largest absolute Gasteiger partial charge is 0.344 e. The third kappa shape index (κ3) is 4.98. The lowest BCUT2D eigenvalue weighted by molar-refractivity contribution is -0.130. The van der Waals surface area contributed by atoms with Gasteiger partial charge in [-0.1, -0.05) is 24.3 Å². The second-order valence-corrected chi connectivity index (χ2v) is 7.98. The van der Waals surface area contributed by atoms with Gasteiger partial charge in [0.1, 0.15) is 12.4 Å². The van der Waals surface area contributed by atoms with Gasteiger partial charge in [0.05, 0.1) is 17.2 Å². The number of hydrazine groups is 1. The molecule has 3 aromatic rings. The van der Waals surface area contributed by atoms with E-state index in [1.807, 2.05) is 12.1 Å². The maximum Gasteiger partial charge on any atom is 0.261 e. The van der Waals surface area contributed by atoms with Crippen LogP contribution in [0.4, 0.5) is 4.39 Å². The van der Waals surface area contributed by atoms with Gasteiger partial charge in [-0.15, -0.1) is 0 Å². The second kappa shape index (κ2) is 9.36. The van der Waals surface area contributed by atoms with Gasteiger partial charge >= 0.3 is 0 Å². The number of carbonyl (C=O) groups excluding carboxylic acids is 1. The molecular formula is C23H26FN5O2. The molecule has 2 aromatic carbocycles. The van der Waals surface area contributed by atoms with Crippen molar-refractivity contribution in [1.82, 2.24) is 25.3 Å². The van der Waals surface area contributed by atoms with E-state index < -0.39 is 0 Å². The number of halogens is 1. The van der Waals surface area contributed by atoms with Crippen molar-refractivity contribution in [1.29, 1.82) is 0 Å². The molecule has 31 heavy (non-hydrogen) atoms. The van der Waals surface area contributed by atoms with Crippen LogP contribution in [0.25, 0.3) is 10.9 Å². The molecule has 0 bridgehead atoms. The maximum atomic E-state index is 13.4. The number of hydrogen-bond donors (Lipinski definition) is 2. The lowest BCUT2D eigenvalue weighted by Gasteiger charge is -2.19. The Morgan fingerprint density at radius 3 is 2.90 bits per heavy atom. The summed E-state index contributed by atoms with van der Waals surface area (Å²) in [6, 6.07) is 14.1. The molecule has 0 spiro atoms. The molecule has 1 amide bonds. The molecule has 1 saturated heterocycles. The molecule has 4 rings (SSSR count). The second-order valence-electron chi connectivity index (χ2n) is 7.98. The lowest BCUT2D eigenvalue weighted by Crippen LogP contribution is -2.35. The highest BCUT2D eigenvalue weighted by molar-refractivity contribution is 5.78. The topological polar surface area (TPSA) is 79.3 Å². The van der Waals surface area contributed by atoms with Gasteiger partial charge in [-0.3, -0.25) is 25.0 Å². The van der Waals surface area contributed by atoms with E-state index in [0.29, 0.717) is 17.4 Å². The first-order valence-electron chi connectivity index (χ1n) is 10.5. The van der Waals surface area contributed by atoms with Crippen molar-refractivity contribution in [3.63, 3.8) is 0 Å². The van der Waals surface area contributed by atoms with Crippen LogP contribution >= 0.6 is 0 Å². The van der Waals surface area contributed by atoms with Gasteiger partial charge in [0.25, 0.3) is 5.56 Å². The summed E-state index contributed by atoms with van der Waals surface area (Å²) in [4.78, 5) is 31.0. The van der Waals surface area contributed by atoms with Crippen molar-refractivity contribution in [3.05, 3.63) is 76.6 Å². The first-order chi connectivity index (χ1) is 15.0. The Hall–Kier alpha value is -3.10.